The number of halogens is 1. The van der Waals surface area contributed by atoms with Gasteiger partial charge in [0.2, 0.25) is 0 Å². The van der Waals surface area contributed by atoms with Crippen LogP contribution in [0.3, 0.4) is 0 Å². The lowest BCUT2D eigenvalue weighted by atomic mass is 10.0. The minimum Gasteiger partial charge on any atom is -0.346 e. The third kappa shape index (κ3) is 4.52. The van der Waals surface area contributed by atoms with Crippen molar-refractivity contribution < 1.29 is 17.6 Å². The number of nitrogens with one attached hydrogen (secondary N) is 1. The Morgan fingerprint density at radius 1 is 1.00 bits per heavy atom. The van der Waals surface area contributed by atoms with Crippen LogP contribution in [0.4, 0.5) is 10.1 Å². The van der Waals surface area contributed by atoms with Crippen LogP contribution in [0.1, 0.15) is 34.5 Å². The van der Waals surface area contributed by atoms with Crippen LogP contribution in [0.5, 0.6) is 0 Å². The van der Waals surface area contributed by atoms with Gasteiger partial charge in [-0.2, -0.15) is 0 Å². The number of anilines is 1. The van der Waals surface area contributed by atoms with E-state index in [0.717, 1.165) is 15.4 Å². The molecular formula is C23H23FN2O3S. The minimum atomic E-state index is -3.92. The highest BCUT2D eigenvalue weighted by Gasteiger charge is 2.23. The molecular weight excluding hydrogens is 403 g/mol. The molecule has 0 saturated heterocycles. The molecule has 3 aromatic carbocycles. The Morgan fingerprint density at radius 3 is 2.33 bits per heavy atom. The van der Waals surface area contributed by atoms with E-state index in [0.29, 0.717) is 5.69 Å². The Kier molecular flexibility index (Phi) is 6.22. The fraction of sp³-hybridized carbons (Fsp3) is 0.174. The van der Waals surface area contributed by atoms with Crippen molar-refractivity contribution in [1.29, 1.82) is 0 Å². The Balaban J connectivity index is 1.83. The summed E-state index contributed by atoms with van der Waals surface area (Å²) in [6, 6.07) is 18.5. The number of carbonyl (C=O) groups excluding carboxylic acids is 1. The molecule has 3 aromatic rings. The van der Waals surface area contributed by atoms with Crippen LogP contribution in [0.15, 0.2) is 77.7 Å². The standard InChI is InChI=1S/C23H23FN2O3S/c1-16-7-4-5-10-22(16)17(2)25-23(27)18-8-6-9-21(15-18)30(28,29)26(3)20-13-11-19(24)12-14-20/h4-15,17H,1-3H3,(H,25,27). The van der Waals surface area contributed by atoms with Crippen LogP contribution in [-0.2, 0) is 10.0 Å². The third-order valence-corrected chi connectivity index (χ3v) is 6.73. The number of hydrogen-bond acceptors (Lipinski definition) is 3. The van der Waals surface area contributed by atoms with E-state index in [1.807, 2.05) is 38.1 Å². The van der Waals surface area contributed by atoms with Crippen molar-refractivity contribution in [3.8, 4) is 0 Å². The van der Waals surface area contributed by atoms with Crippen LogP contribution in [0.25, 0.3) is 0 Å². The number of nitrogens with zero attached hydrogens (tertiary/aromatic N) is 1. The molecule has 0 spiro atoms. The second-order valence-electron chi connectivity index (χ2n) is 7.03. The largest absolute Gasteiger partial charge is 0.346 e. The summed E-state index contributed by atoms with van der Waals surface area (Å²) in [5.41, 5.74) is 2.61. The zero-order valence-corrected chi connectivity index (χ0v) is 17.8. The quantitative estimate of drug-likeness (QED) is 0.633. The Hall–Kier alpha value is -3.19. The van der Waals surface area contributed by atoms with Gasteiger partial charge >= 0.3 is 0 Å². The van der Waals surface area contributed by atoms with Crippen molar-refractivity contribution in [2.24, 2.45) is 0 Å². The van der Waals surface area contributed by atoms with E-state index in [-0.39, 0.29) is 22.4 Å². The molecule has 1 N–H and O–H groups in total. The molecule has 0 aromatic heterocycles. The van der Waals surface area contributed by atoms with Crippen molar-refractivity contribution in [1.82, 2.24) is 5.32 Å². The number of aryl methyl sites for hydroxylation is 1. The lowest BCUT2D eigenvalue weighted by molar-refractivity contribution is 0.0939. The summed E-state index contributed by atoms with van der Waals surface area (Å²) in [5, 5.41) is 2.91. The molecule has 0 aliphatic carbocycles. The van der Waals surface area contributed by atoms with E-state index < -0.39 is 15.8 Å². The molecule has 156 valence electrons. The van der Waals surface area contributed by atoms with Crippen LogP contribution >= 0.6 is 0 Å². The van der Waals surface area contributed by atoms with Gasteiger partial charge in [-0.3, -0.25) is 9.10 Å². The number of benzene rings is 3. The van der Waals surface area contributed by atoms with E-state index in [1.165, 1.54) is 49.5 Å². The number of sulfonamides is 1. The van der Waals surface area contributed by atoms with Gasteiger partial charge in [0.1, 0.15) is 5.82 Å². The highest BCUT2D eigenvalue weighted by atomic mass is 32.2. The second kappa shape index (κ2) is 8.67. The van der Waals surface area contributed by atoms with Crippen LogP contribution in [0.2, 0.25) is 0 Å². The van der Waals surface area contributed by atoms with Gasteiger partial charge in [0.05, 0.1) is 16.6 Å². The van der Waals surface area contributed by atoms with Crippen molar-refractivity contribution in [2.45, 2.75) is 24.8 Å². The van der Waals surface area contributed by atoms with E-state index in [1.54, 1.807) is 6.07 Å². The van der Waals surface area contributed by atoms with Gasteiger partial charge in [-0.05, 0) is 67.4 Å². The molecule has 3 rings (SSSR count). The molecule has 0 aliphatic rings. The average molecular weight is 427 g/mol. The van der Waals surface area contributed by atoms with Gasteiger partial charge in [-0.25, -0.2) is 12.8 Å². The fourth-order valence-electron chi connectivity index (χ4n) is 3.18. The second-order valence-corrected chi connectivity index (χ2v) is 9.00. The normalized spacial score (nSPS) is 12.3. The first-order valence-electron chi connectivity index (χ1n) is 9.41. The maximum atomic E-state index is 13.2. The van der Waals surface area contributed by atoms with E-state index in [2.05, 4.69) is 5.32 Å². The van der Waals surface area contributed by atoms with Crippen molar-refractivity contribution >= 4 is 21.6 Å². The van der Waals surface area contributed by atoms with E-state index in [4.69, 9.17) is 0 Å². The summed E-state index contributed by atoms with van der Waals surface area (Å²) >= 11 is 0. The van der Waals surface area contributed by atoms with Gasteiger partial charge in [0.25, 0.3) is 15.9 Å². The first kappa shape index (κ1) is 21.5. The lowest BCUT2D eigenvalue weighted by Gasteiger charge is -2.20. The van der Waals surface area contributed by atoms with Crippen molar-refractivity contribution in [2.75, 3.05) is 11.4 Å². The summed E-state index contributed by atoms with van der Waals surface area (Å²) < 4.78 is 40.2. The zero-order valence-electron chi connectivity index (χ0n) is 17.0. The molecule has 1 atom stereocenters. The first-order chi connectivity index (χ1) is 14.2. The summed E-state index contributed by atoms with van der Waals surface area (Å²) in [5.74, 6) is -0.821. The van der Waals surface area contributed by atoms with Crippen LogP contribution < -0.4 is 9.62 Å². The van der Waals surface area contributed by atoms with Gasteiger partial charge < -0.3 is 5.32 Å². The maximum Gasteiger partial charge on any atom is 0.264 e. The lowest BCUT2D eigenvalue weighted by Crippen LogP contribution is -2.29. The fourth-order valence-corrected chi connectivity index (χ4v) is 4.42. The molecule has 0 aliphatic heterocycles. The predicted molar refractivity (Wildman–Crippen MR) is 115 cm³/mol. The van der Waals surface area contributed by atoms with Gasteiger partial charge in [0, 0.05) is 12.6 Å². The SMILES string of the molecule is Cc1ccccc1C(C)NC(=O)c1cccc(S(=O)(=O)N(C)c2ccc(F)cc2)c1. The summed E-state index contributed by atoms with van der Waals surface area (Å²) in [6.07, 6.45) is 0. The van der Waals surface area contributed by atoms with E-state index in [9.17, 15) is 17.6 Å². The molecule has 7 heteroatoms. The Labute approximate surface area is 176 Å². The molecule has 0 heterocycles. The van der Waals surface area contributed by atoms with Crippen LogP contribution in [0, 0.1) is 12.7 Å². The molecule has 30 heavy (non-hydrogen) atoms. The monoisotopic (exact) mass is 426 g/mol. The molecule has 0 saturated carbocycles. The smallest absolute Gasteiger partial charge is 0.264 e. The topological polar surface area (TPSA) is 66.5 Å². The number of rotatable bonds is 6. The highest BCUT2D eigenvalue weighted by molar-refractivity contribution is 7.92. The Morgan fingerprint density at radius 2 is 1.67 bits per heavy atom. The number of hydrogen-bond donors (Lipinski definition) is 1. The maximum absolute atomic E-state index is 13.2. The zero-order chi connectivity index (χ0) is 21.9. The van der Waals surface area contributed by atoms with Gasteiger partial charge in [-0.1, -0.05) is 30.3 Å². The highest BCUT2D eigenvalue weighted by Crippen LogP contribution is 2.23. The van der Waals surface area contributed by atoms with Crippen molar-refractivity contribution in [3.05, 3.63) is 95.3 Å². The van der Waals surface area contributed by atoms with Gasteiger partial charge in [0.15, 0.2) is 0 Å². The third-order valence-electron chi connectivity index (χ3n) is 4.95. The molecule has 1 unspecified atom stereocenters. The summed E-state index contributed by atoms with van der Waals surface area (Å²) in [4.78, 5) is 12.7. The average Bonchev–Trinajstić information content (AvgIpc) is 2.74. The van der Waals surface area contributed by atoms with Gasteiger partial charge in [-0.15, -0.1) is 0 Å². The molecule has 0 fully saturated rings. The van der Waals surface area contributed by atoms with Crippen LogP contribution in [-0.4, -0.2) is 21.4 Å². The Bertz CT molecular complexity index is 1160. The minimum absolute atomic E-state index is 0.0227. The number of amides is 1. The van der Waals surface area contributed by atoms with E-state index >= 15 is 0 Å². The predicted octanol–water partition coefficient (Wildman–Crippen LogP) is 4.45. The summed E-state index contributed by atoms with van der Waals surface area (Å²) in [6.45, 7) is 3.85. The molecule has 0 radical (unpaired) electrons. The molecule has 1 amide bonds. The molecule has 0 bridgehead atoms. The summed E-state index contributed by atoms with van der Waals surface area (Å²) in [7, 11) is -2.53. The first-order valence-corrected chi connectivity index (χ1v) is 10.8. The van der Waals surface area contributed by atoms with Crippen molar-refractivity contribution in [3.63, 3.8) is 0 Å². The molecule has 5 nitrogen and oxygen atoms in total. The number of carbonyl (C=O) groups is 1.